The molecule has 0 rings (SSSR count). The van der Waals surface area contributed by atoms with Gasteiger partial charge in [0.2, 0.25) is 0 Å². The smallest absolute Gasteiger partial charge is 0.111 e. The lowest BCUT2D eigenvalue weighted by atomic mass is 10.5. The molecule has 0 aromatic heterocycles. The highest BCUT2D eigenvalue weighted by molar-refractivity contribution is 4.47. The first-order chi connectivity index (χ1) is 19.3. The Kier molecular flexibility index (Phi) is 34.3. The number of hydrogen-bond donors (Lipinski definition) is 0. The summed E-state index contributed by atoms with van der Waals surface area (Å²) in [6.45, 7) is 19.1. The van der Waals surface area contributed by atoms with Crippen LogP contribution in [0.2, 0.25) is 0 Å². The van der Waals surface area contributed by atoms with Gasteiger partial charge in [0.15, 0.2) is 0 Å². The molecule has 0 fully saturated rings. The standard InChI is InChI=1S/C27H54O12/c1-4-28-5-6-29-7-8-30-9-10-31-11-12-32-13-14-33-15-16-34-17-18-35-19-20-36-21-22-37-23-24-38-25-26-39-27(2)3/h4,27H,1,5-26H2,2-3H3. The van der Waals surface area contributed by atoms with Crippen molar-refractivity contribution in [3.8, 4) is 0 Å². The van der Waals surface area contributed by atoms with Crippen LogP contribution in [0.3, 0.4) is 0 Å². The van der Waals surface area contributed by atoms with Gasteiger partial charge in [0.25, 0.3) is 0 Å². The second kappa shape index (κ2) is 35.1. The van der Waals surface area contributed by atoms with Gasteiger partial charge in [0, 0.05) is 0 Å². The molecule has 0 unspecified atom stereocenters. The first-order valence-corrected chi connectivity index (χ1v) is 13.9. The van der Waals surface area contributed by atoms with Crippen LogP contribution in [0.15, 0.2) is 12.8 Å². The lowest BCUT2D eigenvalue weighted by Crippen LogP contribution is -2.15. The molecule has 0 radical (unpaired) electrons. The monoisotopic (exact) mass is 570 g/mol. The lowest BCUT2D eigenvalue weighted by molar-refractivity contribution is -0.0289. The van der Waals surface area contributed by atoms with Gasteiger partial charge in [-0.2, -0.15) is 0 Å². The van der Waals surface area contributed by atoms with E-state index < -0.39 is 0 Å². The van der Waals surface area contributed by atoms with Gasteiger partial charge in [-0.15, -0.1) is 0 Å². The van der Waals surface area contributed by atoms with E-state index in [1.165, 1.54) is 6.26 Å². The van der Waals surface area contributed by atoms with E-state index in [4.69, 9.17) is 56.8 Å². The Labute approximate surface area is 235 Å². The largest absolute Gasteiger partial charge is 0.499 e. The molecule has 0 spiro atoms. The van der Waals surface area contributed by atoms with Crippen molar-refractivity contribution in [3.05, 3.63) is 12.8 Å². The first kappa shape index (κ1) is 38.1. The quantitative estimate of drug-likeness (QED) is 0.0817. The van der Waals surface area contributed by atoms with E-state index in [9.17, 15) is 0 Å². The van der Waals surface area contributed by atoms with Crippen LogP contribution in [0.25, 0.3) is 0 Å². The SMILES string of the molecule is C=COCCOCCOCCOCCOCCOCCOCCOCCOCCOCCOCCOC(C)C. The second-order valence-corrected chi connectivity index (χ2v) is 8.08. The molecule has 39 heavy (non-hydrogen) atoms. The maximum atomic E-state index is 5.46. The van der Waals surface area contributed by atoms with Gasteiger partial charge in [-0.05, 0) is 13.8 Å². The fourth-order valence-corrected chi connectivity index (χ4v) is 2.61. The van der Waals surface area contributed by atoms with Crippen molar-refractivity contribution >= 4 is 0 Å². The molecule has 12 heteroatoms. The Morgan fingerprint density at radius 3 is 0.769 bits per heavy atom. The molecular weight excluding hydrogens is 516 g/mol. The van der Waals surface area contributed by atoms with Gasteiger partial charge >= 0.3 is 0 Å². The summed E-state index contributed by atoms with van der Waals surface area (Å²) in [5.41, 5.74) is 0. The zero-order chi connectivity index (χ0) is 28.3. The summed E-state index contributed by atoms with van der Waals surface area (Å²) < 4.78 is 64.6. The van der Waals surface area contributed by atoms with Crippen molar-refractivity contribution < 1.29 is 56.8 Å². The van der Waals surface area contributed by atoms with E-state index in [-0.39, 0.29) is 6.10 Å². The Hall–Kier alpha value is -0.900. The zero-order valence-corrected chi connectivity index (χ0v) is 24.3. The van der Waals surface area contributed by atoms with Crippen molar-refractivity contribution in [2.75, 3.05) is 145 Å². The van der Waals surface area contributed by atoms with Crippen LogP contribution in [0.5, 0.6) is 0 Å². The summed E-state index contributed by atoms with van der Waals surface area (Å²) in [5, 5.41) is 0. The zero-order valence-electron chi connectivity index (χ0n) is 24.3. The van der Waals surface area contributed by atoms with E-state index >= 15 is 0 Å². The molecule has 12 nitrogen and oxygen atoms in total. The minimum atomic E-state index is 0.233. The predicted molar refractivity (Wildman–Crippen MR) is 145 cm³/mol. The van der Waals surface area contributed by atoms with Crippen molar-refractivity contribution in [1.29, 1.82) is 0 Å². The van der Waals surface area contributed by atoms with Crippen LogP contribution >= 0.6 is 0 Å². The highest BCUT2D eigenvalue weighted by atomic mass is 16.6. The fraction of sp³-hybridized carbons (Fsp3) is 0.926. The van der Waals surface area contributed by atoms with Crippen molar-refractivity contribution in [2.24, 2.45) is 0 Å². The number of hydrogen-bond acceptors (Lipinski definition) is 12. The molecule has 0 atom stereocenters. The van der Waals surface area contributed by atoms with Crippen LogP contribution in [0, 0.1) is 0 Å². The fourth-order valence-electron chi connectivity index (χ4n) is 2.61. The molecule has 0 bridgehead atoms. The molecule has 234 valence electrons. The molecule has 0 aromatic carbocycles. The summed E-state index contributed by atoms with van der Waals surface area (Å²) in [7, 11) is 0. The van der Waals surface area contributed by atoms with Crippen LogP contribution in [0.4, 0.5) is 0 Å². The van der Waals surface area contributed by atoms with Gasteiger partial charge in [-0.3, -0.25) is 0 Å². The van der Waals surface area contributed by atoms with Crippen LogP contribution in [-0.2, 0) is 56.8 Å². The molecule has 0 heterocycles. The molecular formula is C27H54O12. The topological polar surface area (TPSA) is 111 Å². The van der Waals surface area contributed by atoms with Crippen molar-refractivity contribution in [3.63, 3.8) is 0 Å². The van der Waals surface area contributed by atoms with E-state index in [1.54, 1.807) is 0 Å². The van der Waals surface area contributed by atoms with E-state index in [2.05, 4.69) is 6.58 Å². The third-order valence-corrected chi connectivity index (χ3v) is 4.49. The van der Waals surface area contributed by atoms with Gasteiger partial charge in [0.05, 0.1) is 151 Å². The normalized spacial score (nSPS) is 11.5. The predicted octanol–water partition coefficient (Wildman–Crippen LogP) is 1.74. The summed E-state index contributed by atoms with van der Waals surface area (Å²) in [4.78, 5) is 0. The number of rotatable bonds is 35. The maximum Gasteiger partial charge on any atom is 0.111 e. The molecule has 0 aliphatic rings. The third kappa shape index (κ3) is 37.1. The molecule has 0 aliphatic heterocycles. The summed E-state index contributed by atoms with van der Waals surface area (Å²) in [6.07, 6.45) is 1.63. The molecule has 0 saturated carbocycles. The molecule has 0 N–H and O–H groups in total. The molecule has 0 amide bonds. The summed E-state index contributed by atoms with van der Waals surface area (Å²) in [6, 6.07) is 0. The lowest BCUT2D eigenvalue weighted by Gasteiger charge is -2.09. The van der Waals surface area contributed by atoms with Crippen LogP contribution < -0.4 is 0 Å². The van der Waals surface area contributed by atoms with Crippen molar-refractivity contribution in [1.82, 2.24) is 0 Å². The van der Waals surface area contributed by atoms with Gasteiger partial charge in [-0.1, -0.05) is 6.58 Å². The minimum Gasteiger partial charge on any atom is -0.499 e. The summed E-state index contributed by atoms with van der Waals surface area (Å²) in [5.74, 6) is 0. The maximum absolute atomic E-state index is 5.46. The Morgan fingerprint density at radius 2 is 0.564 bits per heavy atom. The van der Waals surface area contributed by atoms with Gasteiger partial charge in [-0.25, -0.2) is 0 Å². The van der Waals surface area contributed by atoms with Crippen molar-refractivity contribution in [2.45, 2.75) is 20.0 Å². The minimum absolute atomic E-state index is 0.233. The average Bonchev–Trinajstić information content (AvgIpc) is 2.93. The van der Waals surface area contributed by atoms with E-state index in [1.807, 2.05) is 13.8 Å². The van der Waals surface area contributed by atoms with Crippen LogP contribution in [0.1, 0.15) is 13.8 Å². The van der Waals surface area contributed by atoms with Gasteiger partial charge in [0.1, 0.15) is 6.61 Å². The first-order valence-electron chi connectivity index (χ1n) is 13.9. The number of ether oxygens (including phenoxy) is 12. The van der Waals surface area contributed by atoms with Crippen LogP contribution in [-0.4, -0.2) is 151 Å². The molecule has 0 saturated heterocycles. The second-order valence-electron chi connectivity index (χ2n) is 8.08. The third-order valence-electron chi connectivity index (χ3n) is 4.49. The van der Waals surface area contributed by atoms with E-state index in [0.29, 0.717) is 145 Å². The highest BCUT2D eigenvalue weighted by Gasteiger charge is 1.96. The molecule has 0 aromatic rings. The van der Waals surface area contributed by atoms with Gasteiger partial charge < -0.3 is 56.8 Å². The Bertz CT molecular complexity index is 456. The highest BCUT2D eigenvalue weighted by Crippen LogP contribution is 1.89. The summed E-state index contributed by atoms with van der Waals surface area (Å²) >= 11 is 0. The Morgan fingerprint density at radius 1 is 0.359 bits per heavy atom. The average molecular weight is 571 g/mol. The molecule has 0 aliphatic carbocycles. The Balaban J connectivity index is 3.02. The van der Waals surface area contributed by atoms with E-state index in [0.717, 1.165) is 0 Å².